The van der Waals surface area contributed by atoms with Crippen molar-refractivity contribution in [1.82, 2.24) is 9.97 Å². The van der Waals surface area contributed by atoms with Crippen LogP contribution in [0.5, 0.6) is 0 Å². The van der Waals surface area contributed by atoms with Gasteiger partial charge in [-0.1, -0.05) is 54.6 Å². The largest absolute Gasteiger partial charge is 0.363 e. The zero-order valence-corrected chi connectivity index (χ0v) is 14.8. The molecule has 0 aliphatic carbocycles. The molecule has 2 heterocycles. The second kappa shape index (κ2) is 7.36. The van der Waals surface area contributed by atoms with Crippen molar-refractivity contribution in [2.45, 2.75) is 19.4 Å². The second-order valence-corrected chi connectivity index (χ2v) is 6.49. The normalized spacial score (nSPS) is 12.0. The Morgan fingerprint density at radius 1 is 0.846 bits per heavy atom. The van der Waals surface area contributed by atoms with Gasteiger partial charge in [0.25, 0.3) is 0 Å². The lowest BCUT2D eigenvalue weighted by atomic mass is 10.0. The van der Waals surface area contributed by atoms with Crippen LogP contribution < -0.4 is 5.32 Å². The Labute approximate surface area is 153 Å². The lowest BCUT2D eigenvalue weighted by molar-refractivity contribution is 0.877. The first kappa shape index (κ1) is 16.3. The molecule has 3 heteroatoms. The number of fused-ring (bicyclic) bond motifs is 1. The van der Waals surface area contributed by atoms with Crippen LogP contribution in [0, 0.1) is 0 Å². The van der Waals surface area contributed by atoms with Gasteiger partial charge in [-0.3, -0.25) is 4.98 Å². The van der Waals surface area contributed by atoms with Crippen molar-refractivity contribution in [1.29, 1.82) is 0 Å². The predicted molar refractivity (Wildman–Crippen MR) is 107 cm³/mol. The maximum Gasteiger partial charge on any atom is 0.134 e. The van der Waals surface area contributed by atoms with E-state index in [1.54, 1.807) is 0 Å². The molecule has 0 bridgehead atoms. The van der Waals surface area contributed by atoms with Crippen LogP contribution in [0.25, 0.3) is 10.8 Å². The van der Waals surface area contributed by atoms with Crippen molar-refractivity contribution >= 4 is 16.6 Å². The standard InChI is InChI=1S/C23H21N3/c1-17(19-7-3-2-4-8-19)26-23-22-10-6-5-9-21(22)20(16-25-23)15-18-11-13-24-14-12-18/h2-14,16-17H,15H2,1H3,(H,25,26). The lowest BCUT2D eigenvalue weighted by Gasteiger charge is -2.17. The van der Waals surface area contributed by atoms with Crippen LogP contribution in [-0.2, 0) is 6.42 Å². The molecule has 128 valence electrons. The molecule has 0 fully saturated rings. The molecule has 1 atom stereocenters. The van der Waals surface area contributed by atoms with E-state index >= 15 is 0 Å². The van der Waals surface area contributed by atoms with Crippen molar-refractivity contribution in [3.05, 3.63) is 102 Å². The van der Waals surface area contributed by atoms with Crippen LogP contribution in [0.15, 0.2) is 85.3 Å². The Morgan fingerprint density at radius 2 is 1.54 bits per heavy atom. The Balaban J connectivity index is 1.68. The first-order valence-electron chi connectivity index (χ1n) is 8.88. The van der Waals surface area contributed by atoms with E-state index in [0.717, 1.165) is 17.6 Å². The number of anilines is 1. The second-order valence-electron chi connectivity index (χ2n) is 6.49. The van der Waals surface area contributed by atoms with Crippen LogP contribution in [0.4, 0.5) is 5.82 Å². The molecular weight excluding hydrogens is 318 g/mol. The van der Waals surface area contributed by atoms with Crippen molar-refractivity contribution in [3.63, 3.8) is 0 Å². The molecule has 2 aromatic heterocycles. The molecular formula is C23H21N3. The van der Waals surface area contributed by atoms with Gasteiger partial charge in [-0.15, -0.1) is 0 Å². The summed E-state index contributed by atoms with van der Waals surface area (Å²) < 4.78 is 0. The highest BCUT2D eigenvalue weighted by Crippen LogP contribution is 2.28. The summed E-state index contributed by atoms with van der Waals surface area (Å²) in [6, 6.07) is 23.2. The highest BCUT2D eigenvalue weighted by atomic mass is 15.0. The average Bonchev–Trinajstić information content (AvgIpc) is 2.71. The van der Waals surface area contributed by atoms with Crippen LogP contribution in [0.3, 0.4) is 0 Å². The lowest BCUT2D eigenvalue weighted by Crippen LogP contribution is -2.08. The van der Waals surface area contributed by atoms with Crippen LogP contribution >= 0.6 is 0 Å². The quantitative estimate of drug-likeness (QED) is 0.529. The van der Waals surface area contributed by atoms with Gasteiger partial charge >= 0.3 is 0 Å². The zero-order chi connectivity index (χ0) is 17.8. The van der Waals surface area contributed by atoms with Crippen molar-refractivity contribution < 1.29 is 0 Å². The molecule has 0 aliphatic rings. The minimum Gasteiger partial charge on any atom is -0.363 e. The molecule has 3 nitrogen and oxygen atoms in total. The fraction of sp³-hybridized carbons (Fsp3) is 0.130. The van der Waals surface area contributed by atoms with E-state index < -0.39 is 0 Å². The van der Waals surface area contributed by atoms with E-state index in [2.05, 4.69) is 77.9 Å². The zero-order valence-electron chi connectivity index (χ0n) is 14.8. The summed E-state index contributed by atoms with van der Waals surface area (Å²) in [6.45, 7) is 2.16. The fourth-order valence-corrected chi connectivity index (χ4v) is 3.26. The Morgan fingerprint density at radius 3 is 2.31 bits per heavy atom. The number of hydrogen-bond donors (Lipinski definition) is 1. The third-order valence-electron chi connectivity index (χ3n) is 4.67. The monoisotopic (exact) mass is 339 g/mol. The van der Waals surface area contributed by atoms with E-state index in [0.29, 0.717) is 0 Å². The van der Waals surface area contributed by atoms with Crippen LogP contribution in [-0.4, -0.2) is 9.97 Å². The van der Waals surface area contributed by atoms with Crippen molar-refractivity contribution in [3.8, 4) is 0 Å². The summed E-state index contributed by atoms with van der Waals surface area (Å²) in [6.07, 6.45) is 6.51. The summed E-state index contributed by atoms with van der Waals surface area (Å²) in [5.41, 5.74) is 3.72. The molecule has 0 radical (unpaired) electrons. The molecule has 2 aromatic carbocycles. The molecule has 0 saturated heterocycles. The molecule has 26 heavy (non-hydrogen) atoms. The highest BCUT2D eigenvalue weighted by molar-refractivity contribution is 5.94. The van der Waals surface area contributed by atoms with Gasteiger partial charge in [-0.2, -0.15) is 0 Å². The average molecular weight is 339 g/mol. The third kappa shape index (κ3) is 3.42. The first-order chi connectivity index (χ1) is 12.8. The van der Waals surface area contributed by atoms with E-state index in [-0.39, 0.29) is 6.04 Å². The van der Waals surface area contributed by atoms with Gasteiger partial charge in [0, 0.05) is 30.0 Å². The topological polar surface area (TPSA) is 37.8 Å². The molecule has 4 rings (SSSR count). The van der Waals surface area contributed by atoms with E-state index in [1.807, 2.05) is 24.7 Å². The van der Waals surface area contributed by atoms with Crippen molar-refractivity contribution in [2.24, 2.45) is 0 Å². The van der Waals surface area contributed by atoms with Gasteiger partial charge in [-0.25, -0.2) is 4.98 Å². The summed E-state index contributed by atoms with van der Waals surface area (Å²) in [5, 5.41) is 5.96. The number of pyridine rings is 2. The summed E-state index contributed by atoms with van der Waals surface area (Å²) >= 11 is 0. The molecule has 0 spiro atoms. The molecule has 0 aliphatic heterocycles. The van der Waals surface area contributed by atoms with E-state index in [9.17, 15) is 0 Å². The number of benzene rings is 2. The minimum atomic E-state index is 0.193. The van der Waals surface area contributed by atoms with E-state index in [1.165, 1.54) is 22.1 Å². The minimum absolute atomic E-state index is 0.193. The maximum atomic E-state index is 4.74. The number of rotatable bonds is 5. The van der Waals surface area contributed by atoms with Crippen LogP contribution in [0.2, 0.25) is 0 Å². The smallest absolute Gasteiger partial charge is 0.134 e. The number of nitrogens with one attached hydrogen (secondary N) is 1. The highest BCUT2D eigenvalue weighted by Gasteiger charge is 2.11. The van der Waals surface area contributed by atoms with E-state index in [4.69, 9.17) is 4.98 Å². The van der Waals surface area contributed by atoms with Gasteiger partial charge in [0.15, 0.2) is 0 Å². The van der Waals surface area contributed by atoms with Gasteiger partial charge in [-0.05, 0) is 47.6 Å². The summed E-state index contributed by atoms with van der Waals surface area (Å²) in [5.74, 6) is 0.926. The van der Waals surface area contributed by atoms with Gasteiger partial charge < -0.3 is 5.32 Å². The number of nitrogens with zero attached hydrogens (tertiary/aromatic N) is 2. The Kier molecular flexibility index (Phi) is 4.61. The SMILES string of the molecule is CC(Nc1ncc(Cc2ccncc2)c2ccccc12)c1ccccc1. The summed E-state index contributed by atoms with van der Waals surface area (Å²) in [4.78, 5) is 8.84. The third-order valence-corrected chi connectivity index (χ3v) is 4.67. The summed E-state index contributed by atoms with van der Waals surface area (Å²) in [7, 11) is 0. The van der Waals surface area contributed by atoms with Crippen LogP contribution in [0.1, 0.15) is 29.7 Å². The Bertz CT molecular complexity index is 998. The van der Waals surface area contributed by atoms with Gasteiger partial charge in [0.1, 0.15) is 5.82 Å². The number of aromatic nitrogens is 2. The van der Waals surface area contributed by atoms with Gasteiger partial charge in [0.2, 0.25) is 0 Å². The van der Waals surface area contributed by atoms with Crippen molar-refractivity contribution in [2.75, 3.05) is 5.32 Å². The molecule has 0 amide bonds. The maximum absolute atomic E-state index is 4.74. The first-order valence-corrected chi connectivity index (χ1v) is 8.88. The molecule has 1 N–H and O–H groups in total. The number of hydrogen-bond acceptors (Lipinski definition) is 3. The fourth-order valence-electron chi connectivity index (χ4n) is 3.26. The molecule has 1 unspecified atom stereocenters. The molecule has 4 aromatic rings. The van der Waals surface area contributed by atoms with Gasteiger partial charge in [0.05, 0.1) is 0 Å². The molecule has 0 saturated carbocycles. The Hall–Kier alpha value is -3.20. The predicted octanol–water partition coefficient (Wildman–Crippen LogP) is 5.39.